The minimum absolute atomic E-state index is 0.198. The van der Waals surface area contributed by atoms with Crippen LogP contribution >= 0.6 is 11.6 Å². The minimum atomic E-state index is -0.375. The van der Waals surface area contributed by atoms with Crippen LogP contribution in [0.5, 0.6) is 11.5 Å². The highest BCUT2D eigenvalue weighted by Crippen LogP contribution is 2.36. The van der Waals surface area contributed by atoms with E-state index in [1.807, 2.05) is 13.0 Å². The number of para-hydroxylation sites is 1. The molecule has 1 aliphatic rings. The van der Waals surface area contributed by atoms with E-state index in [0.717, 1.165) is 0 Å². The van der Waals surface area contributed by atoms with Crippen LogP contribution in [0, 0.1) is 0 Å². The van der Waals surface area contributed by atoms with Crippen LogP contribution in [0.25, 0.3) is 5.57 Å². The SMILES string of the molecule is CCCN1C(=O)C(Nc2ccc(OC)c(Cl)c2)=C(c2ccccc2OC)C1=O. The van der Waals surface area contributed by atoms with Crippen molar-refractivity contribution in [1.82, 2.24) is 4.90 Å². The molecule has 0 saturated carbocycles. The van der Waals surface area contributed by atoms with Crippen LogP contribution in [0.4, 0.5) is 5.69 Å². The Hall–Kier alpha value is -2.99. The molecule has 0 fully saturated rings. The van der Waals surface area contributed by atoms with E-state index in [4.69, 9.17) is 21.1 Å². The quantitative estimate of drug-likeness (QED) is 0.712. The standard InChI is InChI=1S/C21H21ClN2O4/c1-4-11-24-20(25)18(14-7-5-6-8-16(14)27-2)19(21(24)26)23-13-9-10-17(28-3)15(22)12-13/h5-10,12,23H,4,11H2,1-3H3. The summed E-state index contributed by atoms with van der Waals surface area (Å²) in [7, 11) is 3.05. The maximum absolute atomic E-state index is 13.0. The van der Waals surface area contributed by atoms with Crippen LogP contribution in [-0.4, -0.2) is 37.5 Å². The monoisotopic (exact) mass is 400 g/mol. The lowest BCUT2D eigenvalue weighted by molar-refractivity contribution is -0.136. The Labute approximate surface area is 168 Å². The summed E-state index contributed by atoms with van der Waals surface area (Å²) in [6.45, 7) is 2.25. The molecule has 1 heterocycles. The number of methoxy groups -OCH3 is 2. The number of halogens is 1. The third-order valence-corrected chi connectivity index (χ3v) is 4.71. The van der Waals surface area contributed by atoms with Gasteiger partial charge >= 0.3 is 0 Å². The Morgan fingerprint density at radius 3 is 2.36 bits per heavy atom. The van der Waals surface area contributed by atoms with Gasteiger partial charge in [0.1, 0.15) is 17.2 Å². The van der Waals surface area contributed by atoms with E-state index in [0.29, 0.717) is 40.7 Å². The molecule has 2 amide bonds. The first-order valence-electron chi connectivity index (χ1n) is 8.86. The van der Waals surface area contributed by atoms with Crippen LogP contribution < -0.4 is 14.8 Å². The number of nitrogens with zero attached hydrogens (tertiary/aromatic N) is 1. The van der Waals surface area contributed by atoms with Crippen molar-refractivity contribution >= 4 is 34.7 Å². The number of benzene rings is 2. The maximum atomic E-state index is 13.0. The van der Waals surface area contributed by atoms with Gasteiger partial charge in [0.15, 0.2) is 0 Å². The van der Waals surface area contributed by atoms with Gasteiger partial charge in [-0.05, 0) is 30.7 Å². The lowest BCUT2D eigenvalue weighted by Crippen LogP contribution is -2.33. The molecule has 6 nitrogen and oxygen atoms in total. The van der Waals surface area contributed by atoms with Crippen molar-refractivity contribution in [1.29, 1.82) is 0 Å². The summed E-state index contributed by atoms with van der Waals surface area (Å²) in [4.78, 5) is 27.3. The van der Waals surface area contributed by atoms with Gasteiger partial charge in [0, 0.05) is 17.8 Å². The van der Waals surface area contributed by atoms with Gasteiger partial charge in [-0.15, -0.1) is 0 Å². The molecule has 2 aromatic rings. The Balaban J connectivity index is 2.10. The lowest BCUT2D eigenvalue weighted by atomic mass is 10.0. The number of rotatable bonds is 7. The summed E-state index contributed by atoms with van der Waals surface area (Å²) < 4.78 is 10.6. The topological polar surface area (TPSA) is 67.9 Å². The molecule has 3 rings (SSSR count). The van der Waals surface area contributed by atoms with E-state index in [2.05, 4.69) is 5.32 Å². The summed E-state index contributed by atoms with van der Waals surface area (Å²) in [6.07, 6.45) is 0.665. The Morgan fingerprint density at radius 1 is 1.00 bits per heavy atom. The second kappa shape index (κ2) is 8.35. The highest BCUT2D eigenvalue weighted by molar-refractivity contribution is 6.37. The van der Waals surface area contributed by atoms with Crippen LogP contribution in [0.3, 0.4) is 0 Å². The normalized spacial score (nSPS) is 13.9. The molecule has 0 bridgehead atoms. The van der Waals surface area contributed by atoms with E-state index < -0.39 is 0 Å². The molecule has 0 atom stereocenters. The number of carbonyl (C=O) groups is 2. The molecule has 1 aliphatic heterocycles. The summed E-state index contributed by atoms with van der Waals surface area (Å²) in [5.41, 5.74) is 1.61. The van der Waals surface area contributed by atoms with E-state index in [-0.39, 0.29) is 23.1 Å². The van der Waals surface area contributed by atoms with Crippen LogP contribution in [0.2, 0.25) is 5.02 Å². The zero-order valence-corrected chi connectivity index (χ0v) is 16.7. The van der Waals surface area contributed by atoms with Crippen molar-refractivity contribution in [2.24, 2.45) is 0 Å². The Kier molecular flexibility index (Phi) is 5.90. The van der Waals surface area contributed by atoms with E-state index in [9.17, 15) is 9.59 Å². The fourth-order valence-electron chi connectivity index (χ4n) is 3.11. The molecule has 0 aliphatic carbocycles. The maximum Gasteiger partial charge on any atom is 0.278 e. The molecule has 0 radical (unpaired) electrons. The van der Waals surface area contributed by atoms with Gasteiger partial charge < -0.3 is 14.8 Å². The van der Waals surface area contributed by atoms with Gasteiger partial charge in [0.2, 0.25) is 0 Å². The van der Waals surface area contributed by atoms with Crippen molar-refractivity contribution in [3.63, 3.8) is 0 Å². The number of anilines is 1. The van der Waals surface area contributed by atoms with Crippen molar-refractivity contribution in [2.75, 3.05) is 26.1 Å². The zero-order chi connectivity index (χ0) is 20.3. The molecule has 7 heteroatoms. The van der Waals surface area contributed by atoms with Gasteiger partial charge in [-0.1, -0.05) is 36.7 Å². The molecule has 28 heavy (non-hydrogen) atoms. The third kappa shape index (κ3) is 3.55. The summed E-state index contributed by atoms with van der Waals surface area (Å²) in [5, 5.41) is 3.47. The first-order valence-corrected chi connectivity index (χ1v) is 9.24. The number of imide groups is 1. The highest BCUT2D eigenvalue weighted by Gasteiger charge is 2.39. The van der Waals surface area contributed by atoms with E-state index in [1.54, 1.807) is 36.4 Å². The van der Waals surface area contributed by atoms with Gasteiger partial charge in [-0.3, -0.25) is 14.5 Å². The van der Waals surface area contributed by atoms with Gasteiger partial charge in [0.25, 0.3) is 11.8 Å². The summed E-state index contributed by atoms with van der Waals surface area (Å²) in [6, 6.07) is 12.2. The van der Waals surface area contributed by atoms with E-state index in [1.165, 1.54) is 19.1 Å². The van der Waals surface area contributed by atoms with Crippen molar-refractivity contribution in [3.8, 4) is 11.5 Å². The Bertz CT molecular complexity index is 955. The molecule has 1 N–H and O–H groups in total. The number of hydrogen-bond donors (Lipinski definition) is 1. The fourth-order valence-corrected chi connectivity index (χ4v) is 3.37. The molecule has 0 unspecified atom stereocenters. The second-order valence-corrected chi connectivity index (χ2v) is 6.59. The summed E-state index contributed by atoms with van der Waals surface area (Å²) in [5.74, 6) is 0.315. The first-order chi connectivity index (χ1) is 13.5. The van der Waals surface area contributed by atoms with E-state index >= 15 is 0 Å². The minimum Gasteiger partial charge on any atom is -0.496 e. The number of ether oxygens (including phenoxy) is 2. The fraction of sp³-hybridized carbons (Fsp3) is 0.238. The molecule has 2 aromatic carbocycles. The van der Waals surface area contributed by atoms with Gasteiger partial charge in [-0.25, -0.2) is 0 Å². The summed E-state index contributed by atoms with van der Waals surface area (Å²) >= 11 is 6.20. The predicted molar refractivity (Wildman–Crippen MR) is 109 cm³/mol. The molecule has 0 aromatic heterocycles. The molecular weight excluding hydrogens is 380 g/mol. The average Bonchev–Trinajstić information content (AvgIpc) is 2.92. The Morgan fingerprint density at radius 2 is 1.71 bits per heavy atom. The smallest absolute Gasteiger partial charge is 0.278 e. The molecule has 0 spiro atoms. The average molecular weight is 401 g/mol. The third-order valence-electron chi connectivity index (χ3n) is 4.41. The van der Waals surface area contributed by atoms with Crippen molar-refractivity contribution in [2.45, 2.75) is 13.3 Å². The van der Waals surface area contributed by atoms with Crippen molar-refractivity contribution < 1.29 is 19.1 Å². The predicted octanol–water partition coefficient (Wildman–Crippen LogP) is 3.96. The zero-order valence-electron chi connectivity index (χ0n) is 15.9. The first kappa shape index (κ1) is 19.8. The highest BCUT2D eigenvalue weighted by atomic mass is 35.5. The van der Waals surface area contributed by atoms with Crippen LogP contribution in [0.15, 0.2) is 48.2 Å². The molecular formula is C21H21ClN2O4. The van der Waals surface area contributed by atoms with Gasteiger partial charge in [-0.2, -0.15) is 0 Å². The number of nitrogens with one attached hydrogen (secondary N) is 1. The van der Waals surface area contributed by atoms with Crippen LogP contribution in [0.1, 0.15) is 18.9 Å². The largest absolute Gasteiger partial charge is 0.496 e. The molecule has 146 valence electrons. The number of carbonyl (C=O) groups excluding carboxylic acids is 2. The van der Waals surface area contributed by atoms with Crippen LogP contribution in [-0.2, 0) is 9.59 Å². The van der Waals surface area contributed by atoms with Gasteiger partial charge in [0.05, 0.1) is 24.8 Å². The number of hydrogen-bond acceptors (Lipinski definition) is 5. The number of amides is 2. The van der Waals surface area contributed by atoms with Crippen molar-refractivity contribution in [3.05, 3.63) is 58.7 Å². The lowest BCUT2D eigenvalue weighted by Gasteiger charge is -2.14. The molecule has 0 saturated heterocycles. The second-order valence-electron chi connectivity index (χ2n) is 6.19.